The minimum absolute atomic E-state index is 0.0323. The lowest BCUT2D eigenvalue weighted by molar-refractivity contribution is -0.136. The van der Waals surface area contributed by atoms with Gasteiger partial charge in [0.25, 0.3) is 0 Å². The van der Waals surface area contributed by atoms with Crippen LogP contribution in [0.2, 0.25) is 0 Å². The number of benzene rings is 2. The smallest absolute Gasteiger partial charge is 0.233 e. The predicted octanol–water partition coefficient (Wildman–Crippen LogP) is 3.76. The lowest BCUT2D eigenvalue weighted by Crippen LogP contribution is -2.38. The zero-order valence-corrected chi connectivity index (χ0v) is 14.5. The van der Waals surface area contributed by atoms with Crippen LogP contribution in [-0.2, 0) is 16.1 Å². The summed E-state index contributed by atoms with van der Waals surface area (Å²) >= 11 is 0. The first kappa shape index (κ1) is 17.7. The van der Waals surface area contributed by atoms with E-state index in [1.165, 1.54) is 0 Å². The maximum absolute atomic E-state index is 12.5. The molecule has 126 valence electrons. The van der Waals surface area contributed by atoms with Crippen LogP contribution in [0.5, 0.6) is 0 Å². The maximum atomic E-state index is 12.5. The molecule has 0 heterocycles. The van der Waals surface area contributed by atoms with E-state index in [1.807, 2.05) is 75.4 Å². The molecule has 24 heavy (non-hydrogen) atoms. The zero-order valence-electron chi connectivity index (χ0n) is 14.5. The van der Waals surface area contributed by atoms with Gasteiger partial charge in [-0.1, -0.05) is 48.0 Å². The Hall–Kier alpha value is -2.62. The SMILES string of the molecule is Cc1ccc(NC(=O)CC(=O)N(Cc2ccccc2)C(C)C)cc1. The number of anilines is 1. The second-order valence-electron chi connectivity index (χ2n) is 6.19. The highest BCUT2D eigenvalue weighted by atomic mass is 16.2. The highest BCUT2D eigenvalue weighted by Gasteiger charge is 2.20. The fraction of sp³-hybridized carbons (Fsp3) is 0.300. The average Bonchev–Trinajstić information content (AvgIpc) is 2.55. The second-order valence-corrected chi connectivity index (χ2v) is 6.19. The summed E-state index contributed by atoms with van der Waals surface area (Å²) in [6.45, 7) is 6.41. The highest BCUT2D eigenvalue weighted by molar-refractivity contribution is 6.03. The summed E-state index contributed by atoms with van der Waals surface area (Å²) < 4.78 is 0. The Balaban J connectivity index is 1.96. The summed E-state index contributed by atoms with van der Waals surface area (Å²) in [7, 11) is 0. The number of hydrogen-bond donors (Lipinski definition) is 1. The molecule has 0 spiro atoms. The van der Waals surface area contributed by atoms with Crippen LogP contribution in [0, 0.1) is 6.92 Å². The Morgan fingerprint density at radius 3 is 2.21 bits per heavy atom. The van der Waals surface area contributed by atoms with Gasteiger partial charge in [0, 0.05) is 18.3 Å². The third kappa shape index (κ3) is 5.23. The highest BCUT2D eigenvalue weighted by Crippen LogP contribution is 2.12. The van der Waals surface area contributed by atoms with Crippen molar-refractivity contribution in [3.63, 3.8) is 0 Å². The molecule has 4 nitrogen and oxygen atoms in total. The van der Waals surface area contributed by atoms with E-state index < -0.39 is 0 Å². The van der Waals surface area contributed by atoms with Gasteiger partial charge in [0.15, 0.2) is 0 Å². The van der Waals surface area contributed by atoms with Gasteiger partial charge in [-0.15, -0.1) is 0 Å². The normalized spacial score (nSPS) is 10.5. The molecule has 0 saturated carbocycles. The topological polar surface area (TPSA) is 49.4 Å². The van der Waals surface area contributed by atoms with Gasteiger partial charge in [-0.3, -0.25) is 9.59 Å². The van der Waals surface area contributed by atoms with Crippen molar-refractivity contribution in [2.45, 2.75) is 39.8 Å². The predicted molar refractivity (Wildman–Crippen MR) is 96.6 cm³/mol. The Morgan fingerprint density at radius 2 is 1.62 bits per heavy atom. The van der Waals surface area contributed by atoms with E-state index in [2.05, 4.69) is 5.32 Å². The van der Waals surface area contributed by atoms with Gasteiger partial charge in [0.05, 0.1) is 0 Å². The van der Waals surface area contributed by atoms with Crippen molar-refractivity contribution in [3.8, 4) is 0 Å². The van der Waals surface area contributed by atoms with Crippen LogP contribution in [0.25, 0.3) is 0 Å². The van der Waals surface area contributed by atoms with Crippen LogP contribution in [-0.4, -0.2) is 22.8 Å². The zero-order chi connectivity index (χ0) is 17.5. The first-order chi connectivity index (χ1) is 11.5. The van der Waals surface area contributed by atoms with E-state index in [-0.39, 0.29) is 24.3 Å². The van der Waals surface area contributed by atoms with Crippen molar-refractivity contribution in [3.05, 3.63) is 65.7 Å². The van der Waals surface area contributed by atoms with Crippen LogP contribution < -0.4 is 5.32 Å². The van der Waals surface area contributed by atoms with Crippen molar-refractivity contribution >= 4 is 17.5 Å². The Bertz CT molecular complexity index is 679. The van der Waals surface area contributed by atoms with E-state index in [0.717, 1.165) is 11.1 Å². The van der Waals surface area contributed by atoms with Gasteiger partial charge in [-0.2, -0.15) is 0 Å². The van der Waals surface area contributed by atoms with E-state index in [1.54, 1.807) is 4.90 Å². The summed E-state index contributed by atoms with van der Waals surface area (Å²) in [5.74, 6) is -0.457. The maximum Gasteiger partial charge on any atom is 0.233 e. The molecule has 0 saturated heterocycles. The fourth-order valence-corrected chi connectivity index (χ4v) is 2.42. The number of nitrogens with one attached hydrogen (secondary N) is 1. The summed E-state index contributed by atoms with van der Waals surface area (Å²) in [6, 6.07) is 17.4. The minimum atomic E-state index is -0.289. The van der Waals surface area contributed by atoms with Gasteiger partial charge < -0.3 is 10.2 Å². The van der Waals surface area contributed by atoms with Gasteiger partial charge >= 0.3 is 0 Å². The molecule has 0 aliphatic heterocycles. The van der Waals surface area contributed by atoms with Crippen molar-refractivity contribution < 1.29 is 9.59 Å². The van der Waals surface area contributed by atoms with Crippen LogP contribution in [0.15, 0.2) is 54.6 Å². The number of rotatable bonds is 6. The molecule has 0 aliphatic carbocycles. The minimum Gasteiger partial charge on any atom is -0.336 e. The molecule has 0 unspecified atom stereocenters. The number of amides is 2. The number of carbonyl (C=O) groups is 2. The van der Waals surface area contributed by atoms with Crippen LogP contribution in [0.1, 0.15) is 31.4 Å². The number of carbonyl (C=O) groups excluding carboxylic acids is 2. The van der Waals surface area contributed by atoms with Crippen molar-refractivity contribution in [1.29, 1.82) is 0 Å². The average molecular weight is 324 g/mol. The number of aryl methyl sites for hydroxylation is 1. The van der Waals surface area contributed by atoms with Gasteiger partial charge in [0.2, 0.25) is 11.8 Å². The molecule has 2 rings (SSSR count). The first-order valence-electron chi connectivity index (χ1n) is 8.15. The van der Waals surface area contributed by atoms with Gasteiger partial charge in [-0.25, -0.2) is 0 Å². The largest absolute Gasteiger partial charge is 0.336 e. The quantitative estimate of drug-likeness (QED) is 0.823. The summed E-state index contributed by atoms with van der Waals surface area (Å²) in [5, 5.41) is 2.77. The molecular weight excluding hydrogens is 300 g/mol. The molecule has 0 aliphatic rings. The van der Waals surface area contributed by atoms with Gasteiger partial charge in [0.1, 0.15) is 6.42 Å². The van der Waals surface area contributed by atoms with Crippen molar-refractivity contribution in [2.24, 2.45) is 0 Å². The standard InChI is InChI=1S/C20H24N2O2/c1-15(2)22(14-17-7-5-4-6-8-17)20(24)13-19(23)21-18-11-9-16(3)10-12-18/h4-12,15H,13-14H2,1-3H3,(H,21,23). The van der Waals surface area contributed by atoms with Crippen molar-refractivity contribution in [1.82, 2.24) is 4.90 Å². The molecule has 0 radical (unpaired) electrons. The van der Waals surface area contributed by atoms with Gasteiger partial charge in [-0.05, 0) is 38.5 Å². The Labute approximate surface area is 143 Å². The molecule has 0 fully saturated rings. The molecule has 2 amide bonds. The Morgan fingerprint density at radius 1 is 1.00 bits per heavy atom. The molecule has 0 bridgehead atoms. The Kier molecular flexibility index (Phi) is 6.13. The lowest BCUT2D eigenvalue weighted by atomic mass is 10.1. The monoisotopic (exact) mass is 324 g/mol. The first-order valence-corrected chi connectivity index (χ1v) is 8.15. The molecular formula is C20H24N2O2. The number of hydrogen-bond acceptors (Lipinski definition) is 2. The molecule has 0 atom stereocenters. The third-order valence-corrected chi connectivity index (χ3v) is 3.79. The van der Waals surface area contributed by atoms with Crippen LogP contribution in [0.3, 0.4) is 0 Å². The lowest BCUT2D eigenvalue weighted by Gasteiger charge is -2.26. The summed E-state index contributed by atoms with van der Waals surface area (Å²) in [6.07, 6.45) is -0.154. The summed E-state index contributed by atoms with van der Waals surface area (Å²) in [4.78, 5) is 26.4. The van der Waals surface area contributed by atoms with E-state index in [4.69, 9.17) is 0 Å². The van der Waals surface area contributed by atoms with Crippen LogP contribution in [0.4, 0.5) is 5.69 Å². The molecule has 4 heteroatoms. The van der Waals surface area contributed by atoms with E-state index >= 15 is 0 Å². The molecule has 1 N–H and O–H groups in total. The third-order valence-electron chi connectivity index (χ3n) is 3.79. The molecule has 2 aromatic rings. The fourth-order valence-electron chi connectivity index (χ4n) is 2.42. The van der Waals surface area contributed by atoms with E-state index in [9.17, 15) is 9.59 Å². The van der Waals surface area contributed by atoms with E-state index in [0.29, 0.717) is 12.2 Å². The van der Waals surface area contributed by atoms with Crippen LogP contribution >= 0.6 is 0 Å². The second kappa shape index (κ2) is 8.29. The molecule has 2 aromatic carbocycles. The summed E-state index contributed by atoms with van der Waals surface area (Å²) in [5.41, 5.74) is 2.88. The molecule has 0 aromatic heterocycles. The number of nitrogens with zero attached hydrogens (tertiary/aromatic N) is 1. The van der Waals surface area contributed by atoms with Crippen molar-refractivity contribution in [2.75, 3.05) is 5.32 Å².